The predicted molar refractivity (Wildman–Crippen MR) is 86.1 cm³/mol. The first-order valence-corrected chi connectivity index (χ1v) is 8.04. The topological polar surface area (TPSA) is 36.8 Å². The molecule has 1 aromatic rings. The van der Waals surface area contributed by atoms with E-state index in [4.69, 9.17) is 4.99 Å². The highest BCUT2D eigenvalue weighted by Crippen LogP contribution is 2.43. The zero-order valence-electron chi connectivity index (χ0n) is 11.4. The average Bonchev–Trinajstić information content (AvgIpc) is 3.16. The van der Waals surface area contributed by atoms with E-state index in [0.29, 0.717) is 6.04 Å². The lowest BCUT2D eigenvalue weighted by Crippen LogP contribution is -2.39. The Bertz CT molecular complexity index is 611. The minimum Gasteiger partial charge on any atom is -0.335 e. The highest BCUT2D eigenvalue weighted by atomic mass is 32.2. The van der Waals surface area contributed by atoms with Crippen LogP contribution in [0.25, 0.3) is 5.57 Å². The fraction of sp³-hybridized carbons (Fsp3) is 0.375. The number of aliphatic imine (C=N–C) groups is 2. The van der Waals surface area contributed by atoms with Crippen molar-refractivity contribution in [1.29, 1.82) is 0 Å². The van der Waals surface area contributed by atoms with Gasteiger partial charge in [0.1, 0.15) is 11.2 Å². The summed E-state index contributed by atoms with van der Waals surface area (Å²) in [5.41, 5.74) is 3.94. The molecule has 3 nitrogen and oxygen atoms in total. The van der Waals surface area contributed by atoms with Gasteiger partial charge in [0.05, 0.1) is 18.3 Å². The summed E-state index contributed by atoms with van der Waals surface area (Å²) >= 11 is 1.80. The van der Waals surface area contributed by atoms with Crippen molar-refractivity contribution in [1.82, 2.24) is 5.32 Å². The van der Waals surface area contributed by atoms with Gasteiger partial charge in [-0.3, -0.25) is 9.98 Å². The Kier molecular flexibility index (Phi) is 2.91. The molecule has 20 heavy (non-hydrogen) atoms. The van der Waals surface area contributed by atoms with Crippen molar-refractivity contribution in [2.75, 3.05) is 0 Å². The number of rotatable bonds is 2. The van der Waals surface area contributed by atoms with Crippen molar-refractivity contribution in [2.24, 2.45) is 15.9 Å². The number of aryl methyl sites for hydroxylation is 1. The Morgan fingerprint density at radius 1 is 1.25 bits per heavy atom. The minimum atomic E-state index is 0.255. The monoisotopic (exact) mass is 283 g/mol. The van der Waals surface area contributed by atoms with Crippen LogP contribution in [0.5, 0.6) is 0 Å². The Labute approximate surface area is 123 Å². The summed E-state index contributed by atoms with van der Waals surface area (Å²) in [6.45, 7) is 2.12. The van der Waals surface area contributed by atoms with E-state index in [1.54, 1.807) is 18.1 Å². The standard InChI is InChI=1S/C16H17N3S/c1-10-2-4-11(5-3-10)13-8-20-16-14(13)15(17-9-18-16)19-12-6-7-12/h2-5,8-9,12,14,16H,6-7H2,1H3,(H,17,18,19)/t14-,16+/m1/s1. The second-order valence-corrected chi connectivity index (χ2v) is 6.60. The number of thioether (sulfide) groups is 1. The van der Waals surface area contributed by atoms with Crippen LogP contribution in [-0.2, 0) is 0 Å². The molecular formula is C16H17N3S. The molecule has 1 aromatic carbocycles. The molecule has 0 radical (unpaired) electrons. The van der Waals surface area contributed by atoms with E-state index in [9.17, 15) is 0 Å². The number of nitrogens with zero attached hydrogens (tertiary/aromatic N) is 2. The normalized spacial score (nSPS) is 30.1. The van der Waals surface area contributed by atoms with E-state index in [2.05, 4.69) is 46.9 Å². The summed E-state index contributed by atoms with van der Waals surface area (Å²) < 4.78 is 0. The zero-order chi connectivity index (χ0) is 13.5. The predicted octanol–water partition coefficient (Wildman–Crippen LogP) is 3.22. The Hall–Kier alpha value is -1.55. The summed E-state index contributed by atoms with van der Waals surface area (Å²) in [4.78, 5) is 9.40. The van der Waals surface area contributed by atoms with Crippen molar-refractivity contribution >= 4 is 29.5 Å². The summed E-state index contributed by atoms with van der Waals surface area (Å²) in [6.07, 6.45) is 4.27. The fourth-order valence-electron chi connectivity index (χ4n) is 2.63. The van der Waals surface area contributed by atoms with Gasteiger partial charge in [0.25, 0.3) is 0 Å². The van der Waals surface area contributed by atoms with Crippen molar-refractivity contribution in [3.63, 3.8) is 0 Å². The van der Waals surface area contributed by atoms with E-state index in [0.717, 1.165) is 5.84 Å². The molecule has 1 fully saturated rings. The van der Waals surface area contributed by atoms with E-state index in [1.165, 1.54) is 29.5 Å². The molecule has 0 amide bonds. The van der Waals surface area contributed by atoms with Gasteiger partial charge in [-0.15, -0.1) is 11.8 Å². The third-order valence-corrected chi connectivity index (χ3v) is 5.00. The van der Waals surface area contributed by atoms with Gasteiger partial charge < -0.3 is 5.32 Å². The summed E-state index contributed by atoms with van der Waals surface area (Å²) in [5, 5.41) is 5.79. The largest absolute Gasteiger partial charge is 0.335 e. The molecule has 1 N–H and O–H groups in total. The van der Waals surface area contributed by atoms with Crippen LogP contribution in [-0.4, -0.2) is 23.6 Å². The van der Waals surface area contributed by atoms with Crippen molar-refractivity contribution in [3.05, 3.63) is 40.8 Å². The summed E-state index contributed by atoms with van der Waals surface area (Å²) in [5.74, 6) is 1.39. The molecule has 102 valence electrons. The van der Waals surface area contributed by atoms with Gasteiger partial charge in [-0.1, -0.05) is 29.8 Å². The van der Waals surface area contributed by atoms with Gasteiger partial charge in [-0.05, 0) is 36.3 Å². The molecule has 2 heterocycles. The van der Waals surface area contributed by atoms with E-state index in [1.807, 2.05) is 0 Å². The molecule has 0 unspecified atom stereocenters. The van der Waals surface area contributed by atoms with Gasteiger partial charge in [0.2, 0.25) is 0 Å². The Morgan fingerprint density at radius 2 is 2.05 bits per heavy atom. The van der Waals surface area contributed by atoms with Crippen molar-refractivity contribution in [2.45, 2.75) is 31.2 Å². The highest BCUT2D eigenvalue weighted by molar-refractivity contribution is 8.03. The molecular weight excluding hydrogens is 266 g/mol. The Balaban J connectivity index is 1.69. The SMILES string of the molecule is Cc1ccc(C2=CS[C@@H]3N=CNC(=NC4CC4)[C@@H]23)cc1. The van der Waals surface area contributed by atoms with Crippen LogP contribution in [0.3, 0.4) is 0 Å². The minimum absolute atomic E-state index is 0.255. The lowest BCUT2D eigenvalue weighted by molar-refractivity contribution is 0.786. The molecule has 0 saturated heterocycles. The molecule has 1 saturated carbocycles. The van der Waals surface area contributed by atoms with Gasteiger partial charge in [-0.25, -0.2) is 0 Å². The van der Waals surface area contributed by atoms with Crippen molar-refractivity contribution in [3.8, 4) is 0 Å². The molecule has 0 aromatic heterocycles. The number of nitrogens with one attached hydrogen (secondary N) is 1. The molecule has 1 aliphatic carbocycles. The maximum absolute atomic E-state index is 4.84. The maximum Gasteiger partial charge on any atom is 0.115 e. The fourth-order valence-corrected chi connectivity index (χ4v) is 3.76. The smallest absolute Gasteiger partial charge is 0.115 e. The van der Waals surface area contributed by atoms with E-state index < -0.39 is 0 Å². The van der Waals surface area contributed by atoms with Crippen LogP contribution in [0.15, 0.2) is 39.7 Å². The number of benzene rings is 1. The number of hydrogen-bond acceptors (Lipinski definition) is 3. The average molecular weight is 283 g/mol. The maximum atomic E-state index is 4.84. The molecule has 3 aliphatic rings. The van der Waals surface area contributed by atoms with Crippen LogP contribution in [0.1, 0.15) is 24.0 Å². The Morgan fingerprint density at radius 3 is 2.80 bits per heavy atom. The molecule has 2 aliphatic heterocycles. The second kappa shape index (κ2) is 4.77. The first-order valence-electron chi connectivity index (χ1n) is 7.10. The highest BCUT2D eigenvalue weighted by Gasteiger charge is 2.38. The molecule has 0 spiro atoms. The number of hydrogen-bond donors (Lipinski definition) is 1. The van der Waals surface area contributed by atoms with E-state index >= 15 is 0 Å². The number of amidine groups is 1. The summed E-state index contributed by atoms with van der Waals surface area (Å²) in [7, 11) is 0. The quantitative estimate of drug-likeness (QED) is 0.905. The third-order valence-electron chi connectivity index (χ3n) is 3.94. The molecule has 4 rings (SSSR count). The van der Waals surface area contributed by atoms with Crippen LogP contribution < -0.4 is 5.32 Å². The summed E-state index contributed by atoms with van der Waals surface area (Å²) in [6, 6.07) is 9.29. The van der Waals surface area contributed by atoms with Gasteiger partial charge >= 0.3 is 0 Å². The lowest BCUT2D eigenvalue weighted by Gasteiger charge is -2.25. The third kappa shape index (κ3) is 2.18. The van der Waals surface area contributed by atoms with Crippen LogP contribution in [0.4, 0.5) is 0 Å². The van der Waals surface area contributed by atoms with Gasteiger partial charge in [0.15, 0.2) is 0 Å². The van der Waals surface area contributed by atoms with Gasteiger partial charge in [-0.2, -0.15) is 0 Å². The number of fused-ring (bicyclic) bond motifs is 1. The van der Waals surface area contributed by atoms with Crippen LogP contribution in [0.2, 0.25) is 0 Å². The van der Waals surface area contributed by atoms with Gasteiger partial charge in [0, 0.05) is 0 Å². The van der Waals surface area contributed by atoms with Crippen LogP contribution >= 0.6 is 11.8 Å². The van der Waals surface area contributed by atoms with Crippen LogP contribution in [0, 0.1) is 12.8 Å². The first kappa shape index (κ1) is 12.2. The second-order valence-electron chi connectivity index (χ2n) is 5.61. The van der Waals surface area contributed by atoms with E-state index in [-0.39, 0.29) is 11.3 Å². The molecule has 4 heteroatoms. The zero-order valence-corrected chi connectivity index (χ0v) is 12.2. The first-order chi connectivity index (χ1) is 9.81. The van der Waals surface area contributed by atoms with Crippen molar-refractivity contribution < 1.29 is 0 Å². The molecule has 2 atom stereocenters. The lowest BCUT2D eigenvalue weighted by atomic mass is 9.91. The molecule has 0 bridgehead atoms.